The van der Waals surface area contributed by atoms with Gasteiger partial charge in [-0.15, -0.1) is 0 Å². The number of benzene rings is 2. The summed E-state index contributed by atoms with van der Waals surface area (Å²) in [6.07, 6.45) is 0. The van der Waals surface area contributed by atoms with E-state index < -0.39 is 10.0 Å². The number of nitrogens with zero attached hydrogens (tertiary/aromatic N) is 4. The number of fused-ring (bicyclic) bond motifs is 2. The summed E-state index contributed by atoms with van der Waals surface area (Å²) in [6, 6.07) is 14.2. The van der Waals surface area contributed by atoms with Gasteiger partial charge in [0.15, 0.2) is 5.52 Å². The van der Waals surface area contributed by atoms with Crippen LogP contribution < -0.4 is 0 Å². The fourth-order valence-corrected chi connectivity index (χ4v) is 5.18. The molecule has 4 aromatic rings. The Hall–Kier alpha value is -3.24. The molecule has 0 unspecified atom stereocenters. The van der Waals surface area contributed by atoms with Crippen molar-refractivity contribution in [1.82, 2.24) is 24.5 Å². The lowest BCUT2D eigenvalue weighted by Gasteiger charge is -2.33. The first-order valence-corrected chi connectivity index (χ1v) is 10.6. The van der Waals surface area contributed by atoms with Crippen LogP contribution in [0.1, 0.15) is 10.5 Å². The zero-order chi connectivity index (χ0) is 20.0. The topological polar surface area (TPSA) is 112 Å². The molecule has 10 heteroatoms. The van der Waals surface area contributed by atoms with Crippen LogP contribution in [0.15, 0.2) is 58.1 Å². The maximum absolute atomic E-state index is 13.1. The standard InChI is InChI=1S/C19H17N5O4S/c25-19(16-12-13-4-1-2-5-14(13)20-16)23-8-10-24(11-9-23)29(26,27)17-7-3-6-15-18(17)22-28-21-15/h1-7,12,20H,8-11H2. The molecular formula is C19H17N5O4S. The molecule has 2 aromatic carbocycles. The Morgan fingerprint density at radius 2 is 1.79 bits per heavy atom. The van der Waals surface area contributed by atoms with Crippen molar-refractivity contribution in [3.05, 3.63) is 54.2 Å². The second kappa shape index (κ2) is 6.68. The molecule has 1 amide bonds. The molecule has 3 heterocycles. The highest BCUT2D eigenvalue weighted by atomic mass is 32.2. The van der Waals surface area contributed by atoms with Crippen LogP contribution in [0, 0.1) is 0 Å². The number of hydrogen-bond acceptors (Lipinski definition) is 6. The quantitative estimate of drug-likeness (QED) is 0.551. The van der Waals surface area contributed by atoms with E-state index in [1.165, 1.54) is 10.4 Å². The van der Waals surface area contributed by atoms with Gasteiger partial charge in [-0.3, -0.25) is 4.79 Å². The van der Waals surface area contributed by atoms with Gasteiger partial charge >= 0.3 is 0 Å². The minimum absolute atomic E-state index is 0.0617. The van der Waals surface area contributed by atoms with Crippen molar-refractivity contribution in [2.45, 2.75) is 4.90 Å². The van der Waals surface area contributed by atoms with Crippen LogP contribution >= 0.6 is 0 Å². The minimum Gasteiger partial charge on any atom is -0.351 e. The molecule has 1 saturated heterocycles. The number of aromatic nitrogens is 3. The predicted octanol–water partition coefficient (Wildman–Crippen LogP) is 1.85. The number of rotatable bonds is 3. The van der Waals surface area contributed by atoms with E-state index in [4.69, 9.17) is 0 Å². The molecule has 0 bridgehead atoms. The van der Waals surface area contributed by atoms with Gasteiger partial charge in [-0.05, 0) is 34.6 Å². The summed E-state index contributed by atoms with van der Waals surface area (Å²) in [5.74, 6) is -0.138. The molecule has 1 N–H and O–H groups in total. The number of carbonyl (C=O) groups excluding carboxylic acids is 1. The number of hydrogen-bond donors (Lipinski definition) is 1. The Morgan fingerprint density at radius 3 is 2.59 bits per heavy atom. The van der Waals surface area contributed by atoms with Crippen LogP contribution in [-0.2, 0) is 10.0 Å². The number of nitrogens with one attached hydrogen (secondary N) is 1. The van der Waals surface area contributed by atoms with Crippen molar-refractivity contribution < 1.29 is 17.8 Å². The Bertz CT molecular complexity index is 1290. The molecule has 9 nitrogen and oxygen atoms in total. The van der Waals surface area contributed by atoms with Gasteiger partial charge in [-0.1, -0.05) is 24.3 Å². The highest BCUT2D eigenvalue weighted by Gasteiger charge is 2.32. The SMILES string of the molecule is O=C(c1cc2ccccc2[nH]1)N1CCN(S(=O)(=O)c2cccc3nonc23)CC1. The van der Waals surface area contributed by atoms with E-state index in [1.54, 1.807) is 17.0 Å². The largest absolute Gasteiger partial charge is 0.351 e. The van der Waals surface area contributed by atoms with Gasteiger partial charge < -0.3 is 9.88 Å². The Morgan fingerprint density at radius 1 is 1.00 bits per heavy atom. The van der Waals surface area contributed by atoms with Gasteiger partial charge in [0.25, 0.3) is 5.91 Å². The van der Waals surface area contributed by atoms with E-state index in [1.807, 2.05) is 30.3 Å². The van der Waals surface area contributed by atoms with Crippen LogP contribution in [-0.4, -0.2) is 65.0 Å². The number of amides is 1. The lowest BCUT2D eigenvalue weighted by Crippen LogP contribution is -2.50. The smallest absolute Gasteiger partial charge is 0.270 e. The van der Waals surface area contributed by atoms with E-state index in [-0.39, 0.29) is 29.4 Å². The molecule has 1 aliphatic heterocycles. The molecule has 0 atom stereocenters. The predicted molar refractivity (Wildman–Crippen MR) is 105 cm³/mol. The molecule has 1 aliphatic rings. The maximum Gasteiger partial charge on any atom is 0.270 e. The molecule has 0 radical (unpaired) electrons. The number of piperazine rings is 1. The van der Waals surface area contributed by atoms with E-state index in [9.17, 15) is 13.2 Å². The van der Waals surface area contributed by atoms with E-state index in [0.717, 1.165) is 10.9 Å². The Kier molecular flexibility index (Phi) is 4.10. The fraction of sp³-hybridized carbons (Fsp3) is 0.211. The molecule has 2 aromatic heterocycles. The van der Waals surface area contributed by atoms with Crippen LogP contribution in [0.4, 0.5) is 0 Å². The van der Waals surface area contributed by atoms with Crippen molar-refractivity contribution in [1.29, 1.82) is 0 Å². The van der Waals surface area contributed by atoms with Gasteiger partial charge in [-0.25, -0.2) is 13.0 Å². The first-order valence-electron chi connectivity index (χ1n) is 9.12. The van der Waals surface area contributed by atoms with Crippen molar-refractivity contribution in [3.8, 4) is 0 Å². The normalized spacial score (nSPS) is 15.9. The van der Waals surface area contributed by atoms with Crippen molar-refractivity contribution in [2.75, 3.05) is 26.2 Å². The van der Waals surface area contributed by atoms with Crippen LogP contribution in [0.25, 0.3) is 21.9 Å². The van der Waals surface area contributed by atoms with Crippen molar-refractivity contribution in [3.63, 3.8) is 0 Å². The van der Waals surface area contributed by atoms with Gasteiger partial charge in [0, 0.05) is 37.1 Å². The molecule has 1 fully saturated rings. The summed E-state index contributed by atoms with van der Waals surface area (Å²) >= 11 is 0. The highest BCUT2D eigenvalue weighted by molar-refractivity contribution is 7.89. The van der Waals surface area contributed by atoms with Gasteiger partial charge in [0.1, 0.15) is 16.1 Å². The summed E-state index contributed by atoms with van der Waals surface area (Å²) in [5, 5.41) is 8.39. The number of sulfonamides is 1. The number of aromatic amines is 1. The average Bonchev–Trinajstić information content (AvgIpc) is 3.39. The second-order valence-electron chi connectivity index (χ2n) is 6.85. The summed E-state index contributed by atoms with van der Waals surface area (Å²) in [4.78, 5) is 17.7. The zero-order valence-corrected chi connectivity index (χ0v) is 16.1. The van der Waals surface area contributed by atoms with Crippen molar-refractivity contribution in [2.24, 2.45) is 0 Å². The Balaban J connectivity index is 1.34. The average molecular weight is 411 g/mol. The van der Waals surface area contributed by atoms with Crippen molar-refractivity contribution >= 4 is 37.9 Å². The third-order valence-corrected chi connectivity index (χ3v) is 7.08. The van der Waals surface area contributed by atoms with E-state index in [2.05, 4.69) is 19.9 Å². The summed E-state index contributed by atoms with van der Waals surface area (Å²) in [7, 11) is -3.77. The third-order valence-electron chi connectivity index (χ3n) is 5.15. The number of H-pyrrole nitrogens is 1. The van der Waals surface area contributed by atoms with Gasteiger partial charge in [0.2, 0.25) is 10.0 Å². The lowest BCUT2D eigenvalue weighted by atomic mass is 10.2. The van der Waals surface area contributed by atoms with Crippen LogP contribution in [0.2, 0.25) is 0 Å². The molecule has 148 valence electrons. The lowest BCUT2D eigenvalue weighted by molar-refractivity contribution is 0.0693. The molecule has 0 spiro atoms. The summed E-state index contributed by atoms with van der Waals surface area (Å²) in [6.45, 7) is 1.02. The molecule has 0 aliphatic carbocycles. The highest BCUT2D eigenvalue weighted by Crippen LogP contribution is 2.25. The molecule has 0 saturated carbocycles. The van der Waals surface area contributed by atoms with Crippen LogP contribution in [0.3, 0.4) is 0 Å². The summed E-state index contributed by atoms with van der Waals surface area (Å²) < 4.78 is 32.2. The molecule has 5 rings (SSSR count). The molecule has 29 heavy (non-hydrogen) atoms. The monoisotopic (exact) mass is 411 g/mol. The minimum atomic E-state index is -3.77. The van der Waals surface area contributed by atoms with Crippen LogP contribution in [0.5, 0.6) is 0 Å². The molecular weight excluding hydrogens is 394 g/mol. The zero-order valence-electron chi connectivity index (χ0n) is 15.3. The fourth-order valence-electron chi connectivity index (χ4n) is 3.62. The summed E-state index contributed by atoms with van der Waals surface area (Å²) in [5.41, 5.74) is 2.00. The first kappa shape index (κ1) is 17.8. The number of para-hydroxylation sites is 1. The second-order valence-corrected chi connectivity index (χ2v) is 8.76. The maximum atomic E-state index is 13.1. The van der Waals surface area contributed by atoms with E-state index in [0.29, 0.717) is 24.3 Å². The Labute approximate surface area is 165 Å². The number of carbonyl (C=O) groups is 1. The first-order chi connectivity index (χ1) is 14.0. The van der Waals surface area contributed by atoms with Gasteiger partial charge in [0.05, 0.1) is 0 Å². The van der Waals surface area contributed by atoms with Gasteiger partial charge in [-0.2, -0.15) is 4.31 Å². The third kappa shape index (κ3) is 2.97. The van der Waals surface area contributed by atoms with E-state index >= 15 is 0 Å².